The maximum absolute atomic E-state index is 12.4. The van der Waals surface area contributed by atoms with Crippen molar-refractivity contribution in [2.75, 3.05) is 10.1 Å². The molecule has 0 spiro atoms. The average Bonchev–Trinajstić information content (AvgIpc) is 2.81. The number of carbonyl (C=O) groups excluding carboxylic acids is 1. The lowest BCUT2D eigenvalue weighted by Crippen LogP contribution is -2.30. The van der Waals surface area contributed by atoms with Crippen molar-refractivity contribution in [1.29, 1.82) is 0 Å². The summed E-state index contributed by atoms with van der Waals surface area (Å²) in [7, 11) is -7.50. The molecular formula is C16H17N3O5S2. The first kappa shape index (κ1) is 18.5. The second-order valence-electron chi connectivity index (χ2n) is 5.96. The monoisotopic (exact) mass is 395 g/mol. The Morgan fingerprint density at radius 3 is 2.31 bits per heavy atom. The molecule has 1 atom stereocenters. The van der Waals surface area contributed by atoms with Crippen molar-refractivity contribution in [1.82, 2.24) is 9.71 Å². The maximum Gasteiger partial charge on any atom is 0.244 e. The highest BCUT2D eigenvalue weighted by molar-refractivity contribution is 7.94. The van der Waals surface area contributed by atoms with Crippen molar-refractivity contribution in [2.24, 2.45) is 5.92 Å². The zero-order chi connectivity index (χ0) is 18.9. The summed E-state index contributed by atoms with van der Waals surface area (Å²) in [6.45, 7) is 1.64. The van der Waals surface area contributed by atoms with Crippen molar-refractivity contribution in [3.8, 4) is 0 Å². The Bertz CT molecular complexity index is 1020. The van der Waals surface area contributed by atoms with Gasteiger partial charge >= 0.3 is 0 Å². The molecule has 1 fully saturated rings. The van der Waals surface area contributed by atoms with Crippen LogP contribution in [0.15, 0.2) is 53.7 Å². The van der Waals surface area contributed by atoms with Crippen LogP contribution in [0.2, 0.25) is 0 Å². The summed E-state index contributed by atoms with van der Waals surface area (Å²) >= 11 is 0. The molecule has 1 aliphatic rings. The number of amides is 1. The molecule has 0 bridgehead atoms. The SMILES string of the molecule is CC1CS(=O)(=O)N(c2ccc(S(=O)(=O)NCc3ccncc3)cc2)C1=O. The molecule has 2 aromatic rings. The van der Waals surface area contributed by atoms with Crippen molar-refractivity contribution in [2.45, 2.75) is 18.4 Å². The number of anilines is 1. The lowest BCUT2D eigenvalue weighted by atomic mass is 10.2. The van der Waals surface area contributed by atoms with Gasteiger partial charge in [-0.05, 0) is 42.0 Å². The average molecular weight is 395 g/mol. The first-order chi connectivity index (χ1) is 12.2. The van der Waals surface area contributed by atoms with Gasteiger partial charge in [-0.3, -0.25) is 9.78 Å². The highest BCUT2D eigenvalue weighted by atomic mass is 32.2. The highest BCUT2D eigenvalue weighted by Gasteiger charge is 2.41. The maximum atomic E-state index is 12.4. The van der Waals surface area contributed by atoms with Crippen LogP contribution in [0, 0.1) is 5.92 Å². The minimum absolute atomic E-state index is 0.0209. The van der Waals surface area contributed by atoms with E-state index in [0.717, 1.165) is 9.87 Å². The van der Waals surface area contributed by atoms with Crippen LogP contribution in [-0.4, -0.2) is 33.5 Å². The standard InChI is InChI=1S/C16H17N3O5S2/c1-12-11-25(21,22)19(16(12)20)14-2-4-15(5-3-14)26(23,24)18-10-13-6-8-17-9-7-13/h2-9,12,18H,10-11H2,1H3. The fourth-order valence-corrected chi connectivity index (χ4v) is 5.45. The Balaban J connectivity index is 1.80. The fraction of sp³-hybridized carbons (Fsp3) is 0.250. The third-order valence-corrected chi connectivity index (χ3v) is 7.24. The zero-order valence-corrected chi connectivity index (χ0v) is 15.5. The minimum Gasteiger partial charge on any atom is -0.273 e. The smallest absolute Gasteiger partial charge is 0.244 e. The van der Waals surface area contributed by atoms with Crippen LogP contribution in [0.25, 0.3) is 0 Å². The summed E-state index contributed by atoms with van der Waals surface area (Å²) < 4.78 is 52.1. The Hall–Kier alpha value is -2.30. The number of pyridine rings is 1. The first-order valence-corrected chi connectivity index (χ1v) is 10.9. The molecule has 1 N–H and O–H groups in total. The van der Waals surface area contributed by atoms with Crippen molar-refractivity contribution >= 4 is 31.6 Å². The summed E-state index contributed by atoms with van der Waals surface area (Å²) in [5, 5.41) is 0. The van der Waals surface area contributed by atoms with E-state index in [4.69, 9.17) is 0 Å². The van der Waals surface area contributed by atoms with E-state index in [1.807, 2.05) is 0 Å². The van der Waals surface area contributed by atoms with Gasteiger partial charge in [-0.2, -0.15) is 0 Å². The Labute approximate surface area is 152 Å². The predicted molar refractivity (Wildman–Crippen MR) is 95.1 cm³/mol. The van der Waals surface area contributed by atoms with Crippen molar-refractivity contribution in [3.05, 3.63) is 54.4 Å². The second-order valence-corrected chi connectivity index (χ2v) is 9.59. The number of benzene rings is 1. The molecule has 0 radical (unpaired) electrons. The van der Waals surface area contributed by atoms with Gasteiger partial charge in [0.2, 0.25) is 26.0 Å². The number of nitrogens with zero attached hydrogens (tertiary/aromatic N) is 2. The fourth-order valence-electron chi connectivity index (χ4n) is 2.61. The number of nitrogens with one attached hydrogen (secondary N) is 1. The lowest BCUT2D eigenvalue weighted by molar-refractivity contribution is -0.119. The van der Waals surface area contributed by atoms with Crippen LogP contribution < -0.4 is 9.03 Å². The molecule has 1 aromatic carbocycles. The number of hydrogen-bond acceptors (Lipinski definition) is 6. The molecule has 0 saturated carbocycles. The molecule has 10 heteroatoms. The molecule has 0 aliphatic carbocycles. The summed E-state index contributed by atoms with van der Waals surface area (Å²) in [6, 6.07) is 8.56. The van der Waals surface area contributed by atoms with E-state index in [9.17, 15) is 21.6 Å². The van der Waals surface area contributed by atoms with E-state index in [1.165, 1.54) is 24.3 Å². The Kier molecular flexibility index (Phi) is 4.82. The van der Waals surface area contributed by atoms with Gasteiger partial charge in [-0.15, -0.1) is 0 Å². The lowest BCUT2D eigenvalue weighted by Gasteiger charge is -2.15. The van der Waals surface area contributed by atoms with E-state index in [0.29, 0.717) is 0 Å². The minimum atomic E-state index is -3.78. The van der Waals surface area contributed by atoms with Gasteiger partial charge in [0, 0.05) is 18.9 Å². The predicted octanol–water partition coefficient (Wildman–Crippen LogP) is 0.873. The van der Waals surface area contributed by atoms with E-state index in [2.05, 4.69) is 9.71 Å². The van der Waals surface area contributed by atoms with Crippen molar-refractivity contribution < 1.29 is 21.6 Å². The largest absolute Gasteiger partial charge is 0.273 e. The molecule has 1 aliphatic heterocycles. The number of sulfonamides is 2. The number of hydrogen-bond donors (Lipinski definition) is 1. The number of aromatic nitrogens is 1. The molecule has 1 aromatic heterocycles. The van der Waals surface area contributed by atoms with Gasteiger partial charge in [-0.25, -0.2) is 25.9 Å². The quantitative estimate of drug-likeness (QED) is 0.804. The van der Waals surface area contributed by atoms with Crippen LogP contribution in [0.4, 0.5) is 5.69 Å². The van der Waals surface area contributed by atoms with Gasteiger partial charge in [0.25, 0.3) is 0 Å². The summed E-state index contributed by atoms with van der Waals surface area (Å²) in [5.74, 6) is -1.39. The van der Waals surface area contributed by atoms with Crippen LogP contribution in [-0.2, 0) is 31.4 Å². The van der Waals surface area contributed by atoms with E-state index < -0.39 is 31.9 Å². The third kappa shape index (κ3) is 3.62. The van der Waals surface area contributed by atoms with Crippen LogP contribution in [0.5, 0.6) is 0 Å². The molecule has 1 unspecified atom stereocenters. The van der Waals surface area contributed by atoms with Crippen LogP contribution >= 0.6 is 0 Å². The van der Waals surface area contributed by atoms with Crippen LogP contribution in [0.1, 0.15) is 12.5 Å². The van der Waals surface area contributed by atoms with Gasteiger partial charge in [0.15, 0.2) is 0 Å². The molecule has 8 nitrogen and oxygen atoms in total. The van der Waals surface area contributed by atoms with Gasteiger partial charge < -0.3 is 0 Å². The third-order valence-electron chi connectivity index (χ3n) is 3.96. The summed E-state index contributed by atoms with van der Waals surface area (Å²) in [6.07, 6.45) is 3.12. The van der Waals surface area contributed by atoms with Gasteiger partial charge in [-0.1, -0.05) is 6.92 Å². The normalized spacial score (nSPS) is 19.7. The van der Waals surface area contributed by atoms with Crippen LogP contribution in [0.3, 0.4) is 0 Å². The van der Waals surface area contributed by atoms with E-state index in [-0.39, 0.29) is 22.9 Å². The second kappa shape index (κ2) is 6.78. The molecule has 3 rings (SSSR count). The zero-order valence-electron chi connectivity index (χ0n) is 13.9. The molecule has 138 valence electrons. The molecule has 1 amide bonds. The van der Waals surface area contributed by atoms with Gasteiger partial charge in [0.1, 0.15) is 0 Å². The summed E-state index contributed by atoms with van der Waals surface area (Å²) in [4.78, 5) is 15.9. The molecule has 1 saturated heterocycles. The highest BCUT2D eigenvalue weighted by Crippen LogP contribution is 2.28. The number of carbonyl (C=O) groups is 1. The van der Waals surface area contributed by atoms with Gasteiger partial charge in [0.05, 0.1) is 22.3 Å². The Morgan fingerprint density at radius 1 is 1.15 bits per heavy atom. The number of rotatable bonds is 5. The molecule has 26 heavy (non-hydrogen) atoms. The van der Waals surface area contributed by atoms with Crippen molar-refractivity contribution in [3.63, 3.8) is 0 Å². The summed E-state index contributed by atoms with van der Waals surface area (Å²) in [5.41, 5.74) is 0.885. The van der Waals surface area contributed by atoms with E-state index >= 15 is 0 Å². The Morgan fingerprint density at radius 2 is 1.77 bits per heavy atom. The molecular weight excluding hydrogens is 378 g/mol. The first-order valence-electron chi connectivity index (χ1n) is 7.76. The topological polar surface area (TPSA) is 114 Å². The molecule has 2 heterocycles. The van der Waals surface area contributed by atoms with E-state index in [1.54, 1.807) is 31.5 Å².